The topological polar surface area (TPSA) is 15.6 Å². The molecule has 0 aliphatic carbocycles. The highest BCUT2D eigenvalue weighted by Gasteiger charge is 2.13. The van der Waals surface area contributed by atoms with Gasteiger partial charge in [0.1, 0.15) is 0 Å². The Hall–Kier alpha value is -0.530. The predicted octanol–water partition coefficient (Wildman–Crippen LogP) is 6.06. The molecule has 0 bridgehead atoms. The molecule has 0 N–H and O–H groups in total. The molecule has 1 heterocycles. The van der Waals surface area contributed by atoms with Crippen LogP contribution < -0.4 is 0 Å². The Morgan fingerprint density at radius 2 is 1.57 bits per heavy atom. The summed E-state index contributed by atoms with van der Waals surface area (Å²) in [6.07, 6.45) is 14.8. The Morgan fingerprint density at radius 3 is 2.29 bits per heavy atom. The first kappa shape index (κ1) is 20.5. The Balaban J connectivity index is 0.00000191. The van der Waals surface area contributed by atoms with Crippen molar-refractivity contribution in [1.29, 1.82) is 0 Å². The molecule has 0 saturated carbocycles. The fraction of sp³-hybridized carbons (Fsp3) is 0.947. The van der Waals surface area contributed by atoms with E-state index in [1.54, 1.807) is 0 Å². The van der Waals surface area contributed by atoms with Crippen molar-refractivity contribution in [3.8, 4) is 0 Å². The van der Waals surface area contributed by atoms with Gasteiger partial charge in [-0.05, 0) is 25.7 Å². The first-order valence-electron chi connectivity index (χ1n) is 9.66. The van der Waals surface area contributed by atoms with Crippen LogP contribution in [0.1, 0.15) is 98.3 Å². The molecule has 1 aliphatic heterocycles. The van der Waals surface area contributed by atoms with Gasteiger partial charge in [0, 0.05) is 26.1 Å². The van der Waals surface area contributed by atoms with Crippen LogP contribution in [-0.4, -0.2) is 30.4 Å². The van der Waals surface area contributed by atoms with Gasteiger partial charge in [-0.15, -0.1) is 0 Å². The molecule has 0 aromatic rings. The number of nitrogens with zero attached hydrogens (tertiary/aromatic N) is 2. The fourth-order valence-corrected chi connectivity index (χ4v) is 2.84. The van der Waals surface area contributed by atoms with Gasteiger partial charge in [-0.1, -0.05) is 66.2 Å². The van der Waals surface area contributed by atoms with Crippen LogP contribution >= 0.6 is 0 Å². The molecule has 0 aromatic heterocycles. The summed E-state index contributed by atoms with van der Waals surface area (Å²) in [7, 11) is 0. The lowest BCUT2D eigenvalue weighted by atomic mass is 10.1. The van der Waals surface area contributed by atoms with Crippen LogP contribution in [0.3, 0.4) is 0 Å². The summed E-state index contributed by atoms with van der Waals surface area (Å²) in [6, 6.07) is 0. The summed E-state index contributed by atoms with van der Waals surface area (Å²) in [5.41, 5.74) is 0. The van der Waals surface area contributed by atoms with Crippen LogP contribution in [-0.2, 0) is 0 Å². The quantitative estimate of drug-likeness (QED) is 0.472. The lowest BCUT2D eigenvalue weighted by Crippen LogP contribution is -2.31. The normalized spacial score (nSPS) is 17.3. The van der Waals surface area contributed by atoms with Gasteiger partial charge in [0.25, 0.3) is 0 Å². The number of rotatable bonds is 9. The zero-order chi connectivity index (χ0) is 15.8. The molecule has 0 amide bonds. The molecule has 2 nitrogen and oxygen atoms in total. The summed E-state index contributed by atoms with van der Waals surface area (Å²) in [4.78, 5) is 7.45. The van der Waals surface area contributed by atoms with Gasteiger partial charge in [0.05, 0.1) is 5.84 Å². The van der Waals surface area contributed by atoms with E-state index < -0.39 is 0 Å². The molecule has 2 heteroatoms. The SMILES string of the molecule is CC.CCCCCCCCN=C1CCCCCN1CCC. The summed E-state index contributed by atoms with van der Waals surface area (Å²) < 4.78 is 0. The zero-order valence-electron chi connectivity index (χ0n) is 15.3. The first-order valence-corrected chi connectivity index (χ1v) is 9.66. The van der Waals surface area contributed by atoms with E-state index >= 15 is 0 Å². The van der Waals surface area contributed by atoms with Gasteiger partial charge in [-0.3, -0.25) is 4.99 Å². The van der Waals surface area contributed by atoms with Crippen LogP contribution in [0, 0.1) is 0 Å². The van der Waals surface area contributed by atoms with Gasteiger partial charge in [-0.25, -0.2) is 0 Å². The van der Waals surface area contributed by atoms with E-state index in [1.807, 2.05) is 13.8 Å². The monoisotopic (exact) mass is 296 g/mol. The third-order valence-corrected chi connectivity index (χ3v) is 3.99. The van der Waals surface area contributed by atoms with Gasteiger partial charge in [0.15, 0.2) is 0 Å². The maximum Gasteiger partial charge on any atom is 0.0988 e. The smallest absolute Gasteiger partial charge is 0.0988 e. The molecule has 21 heavy (non-hydrogen) atoms. The third kappa shape index (κ3) is 10.8. The molecule has 1 aliphatic rings. The van der Waals surface area contributed by atoms with E-state index in [4.69, 9.17) is 4.99 Å². The van der Waals surface area contributed by atoms with Gasteiger partial charge in [0.2, 0.25) is 0 Å². The van der Waals surface area contributed by atoms with E-state index in [0.717, 1.165) is 6.54 Å². The van der Waals surface area contributed by atoms with Crippen LogP contribution in [0.5, 0.6) is 0 Å². The first-order chi connectivity index (χ1) is 10.4. The van der Waals surface area contributed by atoms with Crippen LogP contribution in [0.15, 0.2) is 4.99 Å². The highest BCUT2D eigenvalue weighted by atomic mass is 15.2. The number of likely N-dealkylation sites (tertiary alicyclic amines) is 1. The Kier molecular flexibility index (Phi) is 15.5. The standard InChI is InChI=1S/C17H34N2.C2H6/c1-3-5-6-7-8-11-14-18-17-13-10-9-12-16-19(17)15-4-2;1-2/h3-16H2,1-2H3;1-2H3. The Labute approximate surface area is 134 Å². The molecule has 0 aromatic carbocycles. The zero-order valence-corrected chi connectivity index (χ0v) is 15.3. The molecule has 1 saturated heterocycles. The predicted molar refractivity (Wildman–Crippen MR) is 97.4 cm³/mol. The Morgan fingerprint density at radius 1 is 0.857 bits per heavy atom. The molecule has 0 atom stereocenters. The number of hydrogen-bond donors (Lipinski definition) is 0. The lowest BCUT2D eigenvalue weighted by Gasteiger charge is -2.23. The van der Waals surface area contributed by atoms with Crippen LogP contribution in [0.25, 0.3) is 0 Å². The number of unbranched alkanes of at least 4 members (excludes halogenated alkanes) is 5. The minimum absolute atomic E-state index is 1.06. The summed E-state index contributed by atoms with van der Waals surface area (Å²) in [6.45, 7) is 12.1. The molecular formula is C19H40N2. The lowest BCUT2D eigenvalue weighted by molar-refractivity contribution is 0.411. The van der Waals surface area contributed by atoms with E-state index in [0.29, 0.717) is 0 Å². The maximum atomic E-state index is 4.90. The summed E-state index contributed by atoms with van der Waals surface area (Å²) >= 11 is 0. The average molecular weight is 297 g/mol. The maximum absolute atomic E-state index is 4.90. The van der Waals surface area contributed by atoms with Crippen molar-refractivity contribution in [2.45, 2.75) is 98.3 Å². The van der Waals surface area contributed by atoms with E-state index in [2.05, 4.69) is 18.7 Å². The number of aliphatic imine (C=N–C) groups is 1. The van der Waals surface area contributed by atoms with Crippen molar-refractivity contribution in [1.82, 2.24) is 4.90 Å². The van der Waals surface area contributed by atoms with Crippen molar-refractivity contribution < 1.29 is 0 Å². The van der Waals surface area contributed by atoms with Gasteiger partial charge in [-0.2, -0.15) is 0 Å². The molecule has 0 spiro atoms. The van der Waals surface area contributed by atoms with Crippen LogP contribution in [0.2, 0.25) is 0 Å². The molecule has 0 radical (unpaired) electrons. The van der Waals surface area contributed by atoms with E-state index in [1.165, 1.54) is 89.6 Å². The highest BCUT2D eigenvalue weighted by molar-refractivity contribution is 5.82. The summed E-state index contributed by atoms with van der Waals surface area (Å²) in [5.74, 6) is 1.41. The summed E-state index contributed by atoms with van der Waals surface area (Å²) in [5, 5.41) is 0. The van der Waals surface area contributed by atoms with Crippen molar-refractivity contribution in [2.75, 3.05) is 19.6 Å². The molecule has 126 valence electrons. The van der Waals surface area contributed by atoms with Crippen molar-refractivity contribution >= 4 is 5.84 Å². The second kappa shape index (κ2) is 15.9. The van der Waals surface area contributed by atoms with Crippen LogP contribution in [0.4, 0.5) is 0 Å². The average Bonchev–Trinajstić information content (AvgIpc) is 2.74. The molecule has 1 rings (SSSR count). The van der Waals surface area contributed by atoms with E-state index in [-0.39, 0.29) is 0 Å². The molecular weight excluding hydrogens is 256 g/mol. The minimum atomic E-state index is 1.06. The van der Waals surface area contributed by atoms with Gasteiger partial charge < -0.3 is 4.90 Å². The van der Waals surface area contributed by atoms with Crippen molar-refractivity contribution in [2.24, 2.45) is 4.99 Å². The number of amidine groups is 1. The third-order valence-electron chi connectivity index (χ3n) is 3.99. The van der Waals surface area contributed by atoms with Crippen molar-refractivity contribution in [3.63, 3.8) is 0 Å². The molecule has 1 fully saturated rings. The highest BCUT2D eigenvalue weighted by Crippen LogP contribution is 2.13. The minimum Gasteiger partial charge on any atom is -0.360 e. The molecule has 0 unspecified atom stereocenters. The second-order valence-electron chi connectivity index (χ2n) is 5.86. The fourth-order valence-electron chi connectivity index (χ4n) is 2.84. The number of hydrogen-bond acceptors (Lipinski definition) is 1. The second-order valence-corrected chi connectivity index (χ2v) is 5.86. The Bertz CT molecular complexity index is 236. The van der Waals surface area contributed by atoms with E-state index in [9.17, 15) is 0 Å². The van der Waals surface area contributed by atoms with Crippen molar-refractivity contribution in [3.05, 3.63) is 0 Å². The van der Waals surface area contributed by atoms with Gasteiger partial charge >= 0.3 is 0 Å². The largest absolute Gasteiger partial charge is 0.360 e.